The third-order valence-corrected chi connectivity index (χ3v) is 8.29. The Hall–Kier alpha value is -3.18. The molecule has 4 fully saturated rings. The fourth-order valence-corrected chi connectivity index (χ4v) is 5.75. The van der Waals surface area contributed by atoms with Crippen LogP contribution in [-0.2, 0) is 9.47 Å². The number of halogens is 1. The zero-order valence-corrected chi connectivity index (χ0v) is 22.5. The molecule has 0 unspecified atom stereocenters. The lowest BCUT2D eigenvalue weighted by molar-refractivity contribution is 0.0995. The normalized spacial score (nSPS) is 22.1. The van der Waals surface area contributed by atoms with Gasteiger partial charge in [-0.05, 0) is 57.1 Å². The first-order valence-corrected chi connectivity index (χ1v) is 13.5. The number of anilines is 3. The van der Waals surface area contributed by atoms with Crippen molar-refractivity contribution in [3.8, 4) is 11.4 Å². The predicted octanol–water partition coefficient (Wildman–Crippen LogP) is 3.24. The highest BCUT2D eigenvalue weighted by atomic mass is 35.5. The summed E-state index contributed by atoms with van der Waals surface area (Å²) in [5.74, 6) is 0.623. The maximum absolute atomic E-state index is 13.0. The van der Waals surface area contributed by atoms with Crippen molar-refractivity contribution >= 4 is 41.1 Å². The summed E-state index contributed by atoms with van der Waals surface area (Å²) in [5.41, 5.74) is 6.28. The van der Waals surface area contributed by atoms with Crippen molar-refractivity contribution in [3.63, 3.8) is 0 Å². The van der Waals surface area contributed by atoms with E-state index in [-0.39, 0.29) is 23.8 Å². The van der Waals surface area contributed by atoms with Crippen LogP contribution in [0, 0.1) is 5.41 Å². The number of piperidine rings is 1. The Morgan fingerprint density at radius 2 is 1.68 bits per heavy atom. The van der Waals surface area contributed by atoms with E-state index in [0.29, 0.717) is 54.1 Å². The molecule has 0 aromatic carbocycles. The van der Waals surface area contributed by atoms with Gasteiger partial charge in [0.05, 0.1) is 24.4 Å². The van der Waals surface area contributed by atoms with E-state index >= 15 is 0 Å². The molecule has 0 radical (unpaired) electrons. The molecule has 11 nitrogen and oxygen atoms in total. The zero-order chi connectivity index (χ0) is 26.7. The van der Waals surface area contributed by atoms with Gasteiger partial charge in [-0.3, -0.25) is 9.69 Å². The smallest absolute Gasteiger partial charge is 0.416 e. The highest BCUT2D eigenvalue weighted by Crippen LogP contribution is 2.54. The Labute approximate surface area is 226 Å². The van der Waals surface area contributed by atoms with E-state index < -0.39 is 17.5 Å². The maximum Gasteiger partial charge on any atom is 0.416 e. The molecule has 1 spiro atoms. The summed E-state index contributed by atoms with van der Waals surface area (Å²) in [4.78, 5) is 45.9. The molecule has 0 bridgehead atoms. The molecule has 2 amide bonds. The number of morpholine rings is 1. The first kappa shape index (κ1) is 25.1. The van der Waals surface area contributed by atoms with Crippen LogP contribution >= 0.6 is 11.6 Å². The van der Waals surface area contributed by atoms with Crippen LogP contribution in [0.3, 0.4) is 0 Å². The third-order valence-electron chi connectivity index (χ3n) is 8.08. The summed E-state index contributed by atoms with van der Waals surface area (Å²) in [6, 6.07) is 3.44. The lowest BCUT2D eigenvalue weighted by Gasteiger charge is -2.35. The van der Waals surface area contributed by atoms with E-state index in [2.05, 4.69) is 9.80 Å². The number of hydrogen-bond acceptors (Lipinski definition) is 9. The predicted molar refractivity (Wildman–Crippen MR) is 143 cm³/mol. The van der Waals surface area contributed by atoms with E-state index in [4.69, 9.17) is 41.8 Å². The van der Waals surface area contributed by atoms with Crippen LogP contribution in [0.15, 0.2) is 12.1 Å². The molecule has 202 valence electrons. The lowest BCUT2D eigenvalue weighted by atomic mass is 9.93. The van der Waals surface area contributed by atoms with Gasteiger partial charge in [0.2, 0.25) is 0 Å². The molecule has 12 heteroatoms. The molecular weight excluding hydrogens is 510 g/mol. The Balaban J connectivity index is 1.50. The zero-order valence-electron chi connectivity index (χ0n) is 21.7. The Morgan fingerprint density at radius 1 is 0.974 bits per heavy atom. The highest BCUT2D eigenvalue weighted by molar-refractivity contribution is 6.31. The van der Waals surface area contributed by atoms with Gasteiger partial charge in [0.25, 0.3) is 5.91 Å². The van der Waals surface area contributed by atoms with Gasteiger partial charge in [-0.2, -0.15) is 0 Å². The van der Waals surface area contributed by atoms with E-state index in [1.807, 2.05) is 13.8 Å². The van der Waals surface area contributed by atoms with E-state index in [1.165, 1.54) is 17.7 Å². The SMILES string of the molecule is CC1(C)COC(=O)N1c1nc(N2CCC3(CC2)CC3)c(C(N)=O)nc1-c1cc(Cl)cc(N2CCOCC2)n1. The number of nitrogens with two attached hydrogens (primary N) is 1. The van der Waals surface area contributed by atoms with Crippen molar-refractivity contribution in [1.82, 2.24) is 15.0 Å². The van der Waals surface area contributed by atoms with E-state index in [9.17, 15) is 9.59 Å². The molecule has 1 saturated carbocycles. The standard InChI is InChI=1S/C26H32ClN7O4/c1-25(2)15-38-24(36)34(25)23-19(17-13-16(27)14-18(29-17)32-9-11-37-12-10-32)30-20(21(28)35)22(31-23)33-7-5-26(3-4-26)6-8-33/h13-14H,3-12,15H2,1-2H3,(H2,28,35). The van der Waals surface area contributed by atoms with E-state index in [0.717, 1.165) is 25.9 Å². The summed E-state index contributed by atoms with van der Waals surface area (Å²) in [5, 5.41) is 0.447. The van der Waals surface area contributed by atoms with Crippen LogP contribution in [-0.4, -0.2) is 78.5 Å². The fourth-order valence-electron chi connectivity index (χ4n) is 5.55. The Bertz CT molecular complexity index is 1280. The number of ether oxygens (including phenoxy) is 2. The minimum atomic E-state index is -0.697. The second kappa shape index (κ2) is 9.23. The monoisotopic (exact) mass is 541 g/mol. The number of aromatic nitrogens is 3. The largest absolute Gasteiger partial charge is 0.447 e. The minimum absolute atomic E-state index is 0.0514. The number of primary amides is 1. The number of carbonyl (C=O) groups is 2. The number of hydrogen-bond donors (Lipinski definition) is 1. The van der Waals surface area contributed by atoms with Crippen LogP contribution in [0.5, 0.6) is 0 Å². The lowest BCUT2D eigenvalue weighted by Crippen LogP contribution is -2.44. The van der Waals surface area contributed by atoms with Gasteiger partial charge in [-0.25, -0.2) is 19.7 Å². The number of pyridine rings is 1. The second-order valence-electron chi connectivity index (χ2n) is 11.2. The molecule has 1 aliphatic carbocycles. The fraction of sp³-hybridized carbons (Fsp3) is 0.577. The number of rotatable bonds is 5. The van der Waals surface area contributed by atoms with Gasteiger partial charge >= 0.3 is 6.09 Å². The molecule has 6 rings (SSSR count). The maximum atomic E-state index is 13.0. The van der Waals surface area contributed by atoms with Crippen molar-refractivity contribution < 1.29 is 19.1 Å². The summed E-state index contributed by atoms with van der Waals surface area (Å²) in [6.45, 7) is 7.97. The van der Waals surface area contributed by atoms with Crippen molar-refractivity contribution in [3.05, 3.63) is 22.8 Å². The number of amides is 2. The van der Waals surface area contributed by atoms with Crippen molar-refractivity contribution in [2.75, 3.05) is 60.7 Å². The Morgan fingerprint density at radius 3 is 2.29 bits per heavy atom. The van der Waals surface area contributed by atoms with Gasteiger partial charge in [-0.15, -0.1) is 0 Å². The summed E-state index contributed by atoms with van der Waals surface area (Å²) >= 11 is 6.55. The highest BCUT2D eigenvalue weighted by Gasteiger charge is 2.47. The molecule has 2 aromatic heterocycles. The molecule has 3 saturated heterocycles. The minimum Gasteiger partial charge on any atom is -0.447 e. The van der Waals surface area contributed by atoms with Crippen molar-refractivity contribution in [2.45, 2.75) is 45.1 Å². The van der Waals surface area contributed by atoms with Crippen LogP contribution in [0.2, 0.25) is 5.02 Å². The van der Waals surface area contributed by atoms with Gasteiger partial charge in [-0.1, -0.05) is 11.6 Å². The Kier molecular flexibility index (Phi) is 6.10. The van der Waals surface area contributed by atoms with Crippen LogP contribution in [0.1, 0.15) is 50.0 Å². The van der Waals surface area contributed by atoms with Gasteiger partial charge < -0.3 is 25.0 Å². The first-order valence-electron chi connectivity index (χ1n) is 13.1. The van der Waals surface area contributed by atoms with Crippen LogP contribution in [0.25, 0.3) is 11.4 Å². The van der Waals surface area contributed by atoms with Crippen molar-refractivity contribution in [2.24, 2.45) is 11.1 Å². The topological polar surface area (TPSA) is 127 Å². The van der Waals surface area contributed by atoms with Crippen molar-refractivity contribution in [1.29, 1.82) is 0 Å². The average molecular weight is 542 g/mol. The van der Waals surface area contributed by atoms with Crippen LogP contribution in [0.4, 0.5) is 22.2 Å². The first-order chi connectivity index (χ1) is 18.2. The number of cyclic esters (lactones) is 1. The summed E-state index contributed by atoms with van der Waals surface area (Å²) < 4.78 is 10.9. The summed E-state index contributed by atoms with van der Waals surface area (Å²) in [7, 11) is 0. The molecule has 5 heterocycles. The number of carbonyl (C=O) groups excluding carboxylic acids is 2. The van der Waals surface area contributed by atoms with Gasteiger partial charge in [0, 0.05) is 31.2 Å². The summed E-state index contributed by atoms with van der Waals surface area (Å²) in [6.07, 6.45) is 4.02. The molecule has 2 N–H and O–H groups in total. The molecule has 3 aliphatic heterocycles. The molecule has 38 heavy (non-hydrogen) atoms. The van der Waals surface area contributed by atoms with Crippen LogP contribution < -0.4 is 20.4 Å². The molecule has 4 aliphatic rings. The van der Waals surface area contributed by atoms with Gasteiger partial charge in [0.1, 0.15) is 18.1 Å². The molecule has 2 aromatic rings. The molecular formula is C26H32ClN7O4. The second-order valence-corrected chi connectivity index (χ2v) is 11.7. The molecule has 0 atom stereocenters. The van der Waals surface area contributed by atoms with E-state index in [1.54, 1.807) is 12.1 Å². The average Bonchev–Trinajstić information content (AvgIpc) is 3.59. The number of nitrogens with zero attached hydrogens (tertiary/aromatic N) is 6. The third kappa shape index (κ3) is 4.51. The quantitative estimate of drug-likeness (QED) is 0.606. The van der Waals surface area contributed by atoms with Gasteiger partial charge in [0.15, 0.2) is 17.3 Å².